The third-order valence-corrected chi connectivity index (χ3v) is 5.70. The molecule has 3 aromatic rings. The lowest BCUT2D eigenvalue weighted by Gasteiger charge is -2.08. The fraction of sp³-hybridized carbons (Fsp3) is 0.182. The average molecular weight is 473 g/mol. The van der Waals surface area contributed by atoms with Crippen LogP contribution in [0.2, 0.25) is 0 Å². The maximum atomic E-state index is 12.6. The number of benzene rings is 2. The summed E-state index contributed by atoms with van der Waals surface area (Å²) in [4.78, 5) is 27.9. The lowest BCUT2D eigenvalue weighted by molar-refractivity contribution is -0.118. The van der Waals surface area contributed by atoms with Gasteiger partial charge in [0.15, 0.2) is 0 Å². The topological polar surface area (TPSA) is 71.2 Å². The number of hydrogen-bond donors (Lipinski definition) is 2. The van der Waals surface area contributed by atoms with Crippen molar-refractivity contribution in [3.8, 4) is 11.1 Å². The molecule has 0 atom stereocenters. The maximum Gasteiger partial charge on any atom is 0.341 e. The number of aromatic nitrogens is 1. The summed E-state index contributed by atoms with van der Waals surface area (Å²) < 4.78 is 6.20. The van der Waals surface area contributed by atoms with E-state index in [1.165, 1.54) is 11.8 Å². The molecule has 150 valence electrons. The number of esters is 1. The summed E-state index contributed by atoms with van der Waals surface area (Å²) in [6, 6.07) is 17.4. The van der Waals surface area contributed by atoms with Gasteiger partial charge >= 0.3 is 5.97 Å². The number of carbonyl (C=O) groups excluding carboxylic acids is 2. The van der Waals surface area contributed by atoms with Gasteiger partial charge in [-0.2, -0.15) is 0 Å². The van der Waals surface area contributed by atoms with E-state index in [1.807, 2.05) is 54.6 Å². The number of hydrogen-bond acceptors (Lipinski definition) is 4. The Morgan fingerprint density at radius 1 is 1.10 bits per heavy atom. The molecule has 0 unspecified atom stereocenters. The first-order valence-corrected chi connectivity index (χ1v) is 10.9. The maximum absolute atomic E-state index is 12.6. The molecule has 7 heteroatoms. The quantitative estimate of drug-likeness (QED) is 0.356. The van der Waals surface area contributed by atoms with Crippen molar-refractivity contribution in [1.82, 2.24) is 10.3 Å². The summed E-state index contributed by atoms with van der Waals surface area (Å²) in [6.45, 7) is 2.53. The molecule has 0 radical (unpaired) electrons. The molecule has 0 saturated heterocycles. The molecule has 1 heterocycles. The van der Waals surface area contributed by atoms with Gasteiger partial charge < -0.3 is 15.0 Å². The van der Waals surface area contributed by atoms with Gasteiger partial charge in [-0.3, -0.25) is 4.79 Å². The zero-order valence-corrected chi connectivity index (χ0v) is 18.3. The smallest absolute Gasteiger partial charge is 0.341 e. The first-order valence-electron chi connectivity index (χ1n) is 9.16. The molecule has 29 heavy (non-hydrogen) atoms. The van der Waals surface area contributed by atoms with Crippen molar-refractivity contribution in [3.05, 3.63) is 76.4 Å². The lowest BCUT2D eigenvalue weighted by Crippen LogP contribution is -2.24. The second-order valence-corrected chi connectivity index (χ2v) is 8.09. The first-order chi connectivity index (χ1) is 14.1. The van der Waals surface area contributed by atoms with Crippen LogP contribution in [0.5, 0.6) is 0 Å². The minimum atomic E-state index is -0.404. The Morgan fingerprint density at radius 3 is 2.52 bits per heavy atom. The van der Waals surface area contributed by atoms with Crippen molar-refractivity contribution in [1.29, 1.82) is 0 Å². The summed E-state index contributed by atoms with van der Waals surface area (Å²) in [7, 11) is 0. The van der Waals surface area contributed by atoms with Crippen LogP contribution in [0.4, 0.5) is 0 Å². The molecule has 2 N–H and O–H groups in total. The van der Waals surface area contributed by atoms with Crippen LogP contribution >= 0.6 is 27.7 Å². The zero-order chi connectivity index (χ0) is 20.6. The van der Waals surface area contributed by atoms with Crippen molar-refractivity contribution < 1.29 is 14.3 Å². The molecule has 0 aliphatic rings. The summed E-state index contributed by atoms with van der Waals surface area (Å²) in [5, 5.41) is 3.51. The van der Waals surface area contributed by atoms with Crippen LogP contribution in [-0.2, 0) is 16.1 Å². The molecular formula is C22H21BrN2O3S. The number of ether oxygens (including phenoxy) is 1. The number of halogens is 1. The van der Waals surface area contributed by atoms with Crippen molar-refractivity contribution in [2.24, 2.45) is 0 Å². The lowest BCUT2D eigenvalue weighted by atomic mass is 10.1. The van der Waals surface area contributed by atoms with Crippen molar-refractivity contribution in [3.63, 3.8) is 0 Å². The van der Waals surface area contributed by atoms with E-state index in [0.717, 1.165) is 21.2 Å². The van der Waals surface area contributed by atoms with Gasteiger partial charge in [-0.1, -0.05) is 70.2 Å². The summed E-state index contributed by atoms with van der Waals surface area (Å²) in [5.41, 5.74) is 3.14. The van der Waals surface area contributed by atoms with Crippen LogP contribution < -0.4 is 5.32 Å². The van der Waals surface area contributed by atoms with Gasteiger partial charge in [-0.05, 0) is 30.2 Å². The molecule has 1 amide bonds. The fourth-order valence-electron chi connectivity index (χ4n) is 2.77. The highest BCUT2D eigenvalue weighted by Crippen LogP contribution is 2.33. The highest BCUT2D eigenvalue weighted by molar-refractivity contribution is 9.10. The Bertz CT molecular complexity index is 971. The minimum Gasteiger partial charge on any atom is -0.462 e. The van der Waals surface area contributed by atoms with E-state index >= 15 is 0 Å². The first kappa shape index (κ1) is 21.2. The van der Waals surface area contributed by atoms with E-state index in [1.54, 1.807) is 13.1 Å². The van der Waals surface area contributed by atoms with E-state index in [2.05, 4.69) is 26.2 Å². The number of H-pyrrole nitrogens is 1. The third-order valence-electron chi connectivity index (χ3n) is 4.16. The molecule has 0 spiro atoms. The van der Waals surface area contributed by atoms with Gasteiger partial charge in [0.25, 0.3) is 0 Å². The van der Waals surface area contributed by atoms with Gasteiger partial charge in [0.2, 0.25) is 5.91 Å². The van der Waals surface area contributed by atoms with Gasteiger partial charge in [-0.15, -0.1) is 0 Å². The molecule has 0 fully saturated rings. The Kier molecular flexibility index (Phi) is 7.55. The van der Waals surface area contributed by atoms with Crippen molar-refractivity contribution in [2.45, 2.75) is 18.5 Å². The Labute approximate surface area is 182 Å². The fourth-order valence-corrected chi connectivity index (χ4v) is 3.89. The number of carbonyl (C=O) groups is 2. The molecule has 1 aromatic heterocycles. The summed E-state index contributed by atoms with van der Waals surface area (Å²) >= 11 is 4.71. The minimum absolute atomic E-state index is 0.103. The van der Waals surface area contributed by atoms with Gasteiger partial charge in [-0.25, -0.2) is 4.79 Å². The highest BCUT2D eigenvalue weighted by Gasteiger charge is 2.22. The van der Waals surface area contributed by atoms with E-state index in [0.29, 0.717) is 17.1 Å². The van der Waals surface area contributed by atoms with E-state index in [-0.39, 0.29) is 18.3 Å². The van der Waals surface area contributed by atoms with Gasteiger partial charge in [0, 0.05) is 22.8 Å². The predicted octanol–water partition coefficient (Wildman–Crippen LogP) is 5.03. The number of rotatable bonds is 8. The van der Waals surface area contributed by atoms with Crippen molar-refractivity contribution >= 4 is 39.6 Å². The second kappa shape index (κ2) is 10.3. The molecule has 0 aliphatic heterocycles. The normalized spacial score (nSPS) is 10.6. The third kappa shape index (κ3) is 5.74. The van der Waals surface area contributed by atoms with Crippen LogP contribution in [0, 0.1) is 0 Å². The van der Waals surface area contributed by atoms with Gasteiger partial charge in [0.1, 0.15) is 0 Å². The number of thioether (sulfide) groups is 1. The Hall–Kier alpha value is -2.51. The highest BCUT2D eigenvalue weighted by atomic mass is 79.9. The average Bonchev–Trinajstić information content (AvgIpc) is 3.16. The molecule has 5 nitrogen and oxygen atoms in total. The van der Waals surface area contributed by atoms with Crippen LogP contribution in [0.3, 0.4) is 0 Å². The van der Waals surface area contributed by atoms with Crippen LogP contribution in [0.1, 0.15) is 22.8 Å². The van der Waals surface area contributed by atoms with Crippen LogP contribution in [-0.4, -0.2) is 29.2 Å². The summed E-state index contributed by atoms with van der Waals surface area (Å²) in [6.07, 6.45) is 1.78. The van der Waals surface area contributed by atoms with Gasteiger partial charge in [0.05, 0.1) is 22.9 Å². The Balaban J connectivity index is 1.72. The SMILES string of the molecule is CCOC(=O)c1c(-c2ccc(Br)cc2)c[nH]c1SCC(=O)NCc1ccccc1. The van der Waals surface area contributed by atoms with E-state index in [9.17, 15) is 9.59 Å². The standard InChI is InChI=1S/C22H21BrN2O3S/c1-2-28-22(27)20-18(16-8-10-17(23)11-9-16)13-25-21(20)29-14-19(26)24-12-15-6-4-3-5-7-15/h3-11,13,25H,2,12,14H2,1H3,(H,24,26). The van der Waals surface area contributed by atoms with E-state index in [4.69, 9.17) is 4.74 Å². The molecule has 0 bridgehead atoms. The van der Waals surface area contributed by atoms with Crippen molar-refractivity contribution in [2.75, 3.05) is 12.4 Å². The molecule has 2 aromatic carbocycles. The molecule has 3 rings (SSSR count). The number of nitrogens with one attached hydrogen (secondary N) is 2. The van der Waals surface area contributed by atoms with Crippen LogP contribution in [0.15, 0.2) is 70.3 Å². The molecule has 0 aliphatic carbocycles. The largest absolute Gasteiger partial charge is 0.462 e. The summed E-state index contributed by atoms with van der Waals surface area (Å²) in [5.74, 6) is -0.313. The molecular weight excluding hydrogens is 452 g/mol. The number of amides is 1. The van der Waals surface area contributed by atoms with Crippen LogP contribution in [0.25, 0.3) is 11.1 Å². The zero-order valence-electron chi connectivity index (χ0n) is 15.9. The van der Waals surface area contributed by atoms with E-state index < -0.39 is 5.97 Å². The number of aromatic amines is 1. The second-order valence-electron chi connectivity index (χ2n) is 6.18. The molecule has 0 saturated carbocycles. The monoisotopic (exact) mass is 472 g/mol. The predicted molar refractivity (Wildman–Crippen MR) is 119 cm³/mol. The Morgan fingerprint density at radius 2 is 1.83 bits per heavy atom.